The Hall–Kier alpha value is -1.94. The first-order valence-electron chi connectivity index (χ1n) is 8.31. The molecule has 1 aromatic carbocycles. The zero-order valence-corrected chi connectivity index (χ0v) is 17.2. The lowest BCUT2D eigenvalue weighted by atomic mass is 9.79. The van der Waals surface area contributed by atoms with E-state index in [1.807, 2.05) is 0 Å². The number of ether oxygens (including phenoxy) is 1. The van der Waals surface area contributed by atoms with Crippen molar-refractivity contribution in [2.45, 2.75) is 11.2 Å². The van der Waals surface area contributed by atoms with E-state index in [9.17, 15) is 9.18 Å². The number of nitrogens with two attached hydrogens (primary N) is 1. The number of halogens is 4. The van der Waals surface area contributed by atoms with Crippen molar-refractivity contribution in [1.82, 2.24) is 4.98 Å². The van der Waals surface area contributed by atoms with Gasteiger partial charge in [-0.05, 0) is 30.3 Å². The predicted molar refractivity (Wildman–Crippen MR) is 111 cm³/mol. The fourth-order valence-corrected chi connectivity index (χ4v) is 4.35. The molecule has 11 heteroatoms. The molecule has 0 aliphatic carbocycles. The van der Waals surface area contributed by atoms with Gasteiger partial charge in [0.2, 0.25) is 0 Å². The van der Waals surface area contributed by atoms with Crippen LogP contribution in [-0.2, 0) is 10.3 Å². The van der Waals surface area contributed by atoms with Crippen molar-refractivity contribution in [3.05, 3.63) is 58.6 Å². The average Bonchev–Trinajstić information content (AvgIpc) is 3.01. The number of alkyl halides is 1. The number of thioether (sulfide) groups is 1. The molecular formula is C18H16Cl2F2N4O2S. The number of amides is 1. The van der Waals surface area contributed by atoms with E-state index in [1.54, 1.807) is 0 Å². The monoisotopic (exact) mass is 460 g/mol. The molecule has 2 atom stereocenters. The number of benzene rings is 1. The molecule has 29 heavy (non-hydrogen) atoms. The smallest absolute Gasteiger partial charge is 0.274 e. The second kappa shape index (κ2) is 8.06. The van der Waals surface area contributed by atoms with Crippen LogP contribution in [0, 0.1) is 5.82 Å². The molecule has 2 aliphatic heterocycles. The van der Waals surface area contributed by atoms with Crippen LogP contribution >= 0.6 is 35.8 Å². The van der Waals surface area contributed by atoms with Gasteiger partial charge in [0.25, 0.3) is 5.91 Å². The van der Waals surface area contributed by atoms with E-state index >= 15 is 4.39 Å². The third-order valence-electron chi connectivity index (χ3n) is 4.76. The Morgan fingerprint density at radius 2 is 2.10 bits per heavy atom. The highest BCUT2D eigenvalue weighted by Gasteiger charge is 2.61. The molecule has 0 radical (unpaired) electrons. The van der Waals surface area contributed by atoms with E-state index in [0.717, 1.165) is 17.8 Å². The Labute approximate surface area is 180 Å². The van der Waals surface area contributed by atoms with Crippen molar-refractivity contribution in [2.75, 3.05) is 24.3 Å². The van der Waals surface area contributed by atoms with Crippen molar-refractivity contribution in [3.63, 3.8) is 0 Å². The van der Waals surface area contributed by atoms with E-state index in [-0.39, 0.29) is 53.5 Å². The normalized spacial score (nSPS) is 25.6. The van der Waals surface area contributed by atoms with Crippen molar-refractivity contribution >= 4 is 52.5 Å². The van der Waals surface area contributed by atoms with Crippen LogP contribution in [-0.4, -0.2) is 40.7 Å². The van der Waals surface area contributed by atoms with Crippen LogP contribution < -0.4 is 11.1 Å². The van der Waals surface area contributed by atoms with Crippen molar-refractivity contribution in [3.8, 4) is 0 Å². The van der Waals surface area contributed by atoms with E-state index < -0.39 is 22.9 Å². The number of hydrogen-bond donors (Lipinski definition) is 2. The van der Waals surface area contributed by atoms with E-state index in [0.29, 0.717) is 5.02 Å². The van der Waals surface area contributed by atoms with Gasteiger partial charge in [0.15, 0.2) is 16.4 Å². The third kappa shape index (κ3) is 3.79. The molecule has 154 valence electrons. The SMILES string of the molecule is Cl.NC1=NC2(c3cc(NC(=O)c4ccc(Cl)cn4)ccc3F)COCC2(F)CS1. The maximum Gasteiger partial charge on any atom is 0.274 e. The molecule has 3 N–H and O–H groups in total. The molecule has 2 aliphatic rings. The minimum atomic E-state index is -1.90. The van der Waals surface area contributed by atoms with E-state index in [4.69, 9.17) is 22.1 Å². The molecule has 2 aromatic rings. The summed E-state index contributed by atoms with van der Waals surface area (Å²) in [6.07, 6.45) is 1.34. The van der Waals surface area contributed by atoms with Crippen LogP contribution in [0.4, 0.5) is 14.5 Å². The van der Waals surface area contributed by atoms with Crippen molar-refractivity contribution in [1.29, 1.82) is 0 Å². The number of nitrogens with zero attached hydrogens (tertiary/aromatic N) is 2. The molecule has 4 rings (SSSR count). The van der Waals surface area contributed by atoms with E-state index in [1.165, 1.54) is 30.5 Å². The number of fused-ring (bicyclic) bond motifs is 1. The Morgan fingerprint density at radius 3 is 2.83 bits per heavy atom. The topological polar surface area (TPSA) is 89.6 Å². The number of carbonyl (C=O) groups excluding carboxylic acids is 1. The number of aromatic nitrogens is 1. The van der Waals surface area contributed by atoms with Gasteiger partial charge in [0.05, 0.1) is 18.2 Å². The van der Waals surface area contributed by atoms with Gasteiger partial charge in [-0.25, -0.2) is 18.8 Å². The fraction of sp³-hybridized carbons (Fsp3) is 0.278. The van der Waals surface area contributed by atoms with Crippen molar-refractivity contribution < 1.29 is 18.3 Å². The number of amidine groups is 1. The van der Waals surface area contributed by atoms with Gasteiger partial charge in [0, 0.05) is 23.2 Å². The molecule has 2 unspecified atom stereocenters. The second-order valence-electron chi connectivity index (χ2n) is 6.57. The standard InChI is InChI=1S/C18H15ClF2N4O2S.ClH/c19-10-1-4-14(23-6-10)15(26)24-11-2-3-13(20)12(5-11)18-8-27-7-17(18,21)9-28-16(22)25-18;/h1-6H,7-9H2,(H2,22,25)(H,24,26);1H. The lowest BCUT2D eigenvalue weighted by molar-refractivity contribution is 0.102. The number of pyridine rings is 1. The van der Waals surface area contributed by atoms with Gasteiger partial charge in [-0.2, -0.15) is 0 Å². The highest BCUT2D eigenvalue weighted by molar-refractivity contribution is 8.13. The first-order valence-corrected chi connectivity index (χ1v) is 9.67. The summed E-state index contributed by atoms with van der Waals surface area (Å²) >= 11 is 6.84. The molecule has 0 saturated carbocycles. The number of rotatable bonds is 3. The maximum atomic E-state index is 15.6. The summed E-state index contributed by atoms with van der Waals surface area (Å²) in [6, 6.07) is 6.88. The average molecular weight is 461 g/mol. The number of carbonyl (C=O) groups is 1. The number of hydrogen-bond acceptors (Lipinski definition) is 6. The van der Waals surface area contributed by atoms with Crippen molar-refractivity contribution in [2.24, 2.45) is 10.7 Å². The zero-order valence-electron chi connectivity index (χ0n) is 14.8. The van der Waals surface area contributed by atoms with Crippen LogP contribution in [0.3, 0.4) is 0 Å². The minimum Gasteiger partial charge on any atom is -0.379 e. The molecule has 1 saturated heterocycles. The van der Waals surface area contributed by atoms with Crippen LogP contribution in [0.1, 0.15) is 16.1 Å². The second-order valence-corrected chi connectivity index (χ2v) is 8.00. The Morgan fingerprint density at radius 1 is 1.31 bits per heavy atom. The third-order valence-corrected chi connectivity index (χ3v) is 5.98. The molecular weight excluding hydrogens is 445 g/mol. The summed E-state index contributed by atoms with van der Waals surface area (Å²) < 4.78 is 35.6. The summed E-state index contributed by atoms with van der Waals surface area (Å²) in [7, 11) is 0. The first-order chi connectivity index (χ1) is 13.3. The number of anilines is 1. The van der Waals surface area contributed by atoms with Gasteiger partial charge in [-0.15, -0.1) is 12.4 Å². The highest BCUT2D eigenvalue weighted by atomic mass is 35.5. The molecule has 3 heterocycles. The molecule has 0 bridgehead atoms. The summed E-state index contributed by atoms with van der Waals surface area (Å²) in [5.74, 6) is -1.16. The van der Waals surface area contributed by atoms with Crippen LogP contribution in [0.15, 0.2) is 41.5 Å². The lowest BCUT2D eigenvalue weighted by Crippen LogP contribution is -2.52. The molecule has 1 aromatic heterocycles. The van der Waals surface area contributed by atoms with Gasteiger partial charge in [-0.3, -0.25) is 4.79 Å². The quantitative estimate of drug-likeness (QED) is 0.730. The van der Waals surface area contributed by atoms with Gasteiger partial charge in [-0.1, -0.05) is 23.4 Å². The van der Waals surface area contributed by atoms with Gasteiger partial charge in [0.1, 0.15) is 11.5 Å². The molecule has 0 spiro atoms. The maximum absolute atomic E-state index is 15.6. The Balaban J connectivity index is 0.00000240. The summed E-state index contributed by atoms with van der Waals surface area (Å²) in [6.45, 7) is -0.348. The molecule has 1 fully saturated rings. The van der Waals surface area contributed by atoms with Gasteiger partial charge >= 0.3 is 0 Å². The minimum absolute atomic E-state index is 0. The van der Waals surface area contributed by atoms with E-state index in [2.05, 4.69) is 15.3 Å². The lowest BCUT2D eigenvalue weighted by Gasteiger charge is -2.38. The zero-order chi connectivity index (χ0) is 19.9. The van der Waals surface area contributed by atoms with Crippen LogP contribution in [0.5, 0.6) is 0 Å². The van der Waals surface area contributed by atoms with Crippen LogP contribution in [0.2, 0.25) is 5.02 Å². The highest BCUT2D eigenvalue weighted by Crippen LogP contribution is 2.50. The Kier molecular flexibility index (Phi) is 6.05. The number of nitrogens with one attached hydrogen (secondary N) is 1. The van der Waals surface area contributed by atoms with Crippen LogP contribution in [0.25, 0.3) is 0 Å². The first kappa shape index (κ1) is 21.8. The number of aliphatic imine (C=N–C) groups is 1. The van der Waals surface area contributed by atoms with Gasteiger partial charge < -0.3 is 15.8 Å². The summed E-state index contributed by atoms with van der Waals surface area (Å²) in [4.78, 5) is 20.6. The largest absolute Gasteiger partial charge is 0.379 e. The molecule has 1 amide bonds. The fourth-order valence-electron chi connectivity index (χ4n) is 3.32. The summed E-state index contributed by atoms with van der Waals surface area (Å²) in [5, 5.41) is 3.18. The Bertz CT molecular complexity index is 979. The predicted octanol–water partition coefficient (Wildman–Crippen LogP) is 3.54. The summed E-state index contributed by atoms with van der Waals surface area (Å²) in [5.41, 5.74) is 2.71. The molecule has 6 nitrogen and oxygen atoms in total.